The second kappa shape index (κ2) is 5.97. The van der Waals surface area contributed by atoms with Crippen LogP contribution in [0.4, 0.5) is 0 Å². The molecule has 5 heteroatoms. The Morgan fingerprint density at radius 1 is 1.00 bits per heavy atom. The Kier molecular flexibility index (Phi) is 4.46. The predicted molar refractivity (Wildman–Crippen MR) is 85.3 cm³/mol. The second-order valence-corrected chi connectivity index (χ2v) is 7.41. The van der Waals surface area contributed by atoms with E-state index in [1.807, 2.05) is 36.4 Å². The molecule has 0 unspecified atom stereocenters. The van der Waals surface area contributed by atoms with Crippen LogP contribution in [-0.2, 0) is 10.0 Å². The van der Waals surface area contributed by atoms with E-state index in [1.54, 1.807) is 32.0 Å². The van der Waals surface area contributed by atoms with Gasteiger partial charge in [-0.2, -0.15) is 0 Å². The summed E-state index contributed by atoms with van der Waals surface area (Å²) >= 11 is 0. The van der Waals surface area contributed by atoms with Crippen molar-refractivity contribution < 1.29 is 8.42 Å². The third-order valence-corrected chi connectivity index (χ3v) is 4.44. The van der Waals surface area contributed by atoms with Gasteiger partial charge in [-0.15, -0.1) is 0 Å². The number of rotatable bonds is 5. The molecule has 0 spiro atoms. The Morgan fingerprint density at radius 3 is 2.19 bits per heavy atom. The van der Waals surface area contributed by atoms with Crippen molar-refractivity contribution in [1.82, 2.24) is 4.72 Å². The summed E-state index contributed by atoms with van der Waals surface area (Å²) < 4.78 is 27.6. The van der Waals surface area contributed by atoms with Gasteiger partial charge in [0.2, 0.25) is 10.0 Å². The van der Waals surface area contributed by atoms with Gasteiger partial charge in [-0.1, -0.05) is 48.5 Å². The topological polar surface area (TPSA) is 72.2 Å². The summed E-state index contributed by atoms with van der Waals surface area (Å²) in [5.74, 6) is 0. The molecule has 4 nitrogen and oxygen atoms in total. The molecular weight excluding hydrogens is 284 g/mol. The van der Waals surface area contributed by atoms with Gasteiger partial charge in [0, 0.05) is 17.6 Å². The molecule has 21 heavy (non-hydrogen) atoms. The van der Waals surface area contributed by atoms with Crippen LogP contribution >= 0.6 is 0 Å². The number of hydrogen-bond acceptors (Lipinski definition) is 3. The van der Waals surface area contributed by atoms with Gasteiger partial charge in [0.1, 0.15) is 0 Å². The largest absolute Gasteiger partial charge is 0.324 e. The fourth-order valence-corrected chi connectivity index (χ4v) is 3.37. The molecule has 0 atom stereocenters. The minimum absolute atomic E-state index is 0.179. The standard InChI is InChI=1S/C16H20N2O2S/c1-16(2,17)12-18-21(19,20)15-11-7-6-10-14(15)13-8-4-3-5-9-13/h3-11,18H,12,17H2,1-2H3. The molecule has 112 valence electrons. The third kappa shape index (κ3) is 4.14. The summed E-state index contributed by atoms with van der Waals surface area (Å²) in [4.78, 5) is 0.264. The highest BCUT2D eigenvalue weighted by Gasteiger charge is 2.21. The predicted octanol–water partition coefficient (Wildman–Crippen LogP) is 2.37. The van der Waals surface area contributed by atoms with Crippen LogP contribution < -0.4 is 10.5 Å². The van der Waals surface area contributed by atoms with Crippen molar-refractivity contribution in [2.45, 2.75) is 24.3 Å². The molecule has 0 saturated carbocycles. The Hall–Kier alpha value is -1.69. The zero-order chi connectivity index (χ0) is 15.5. The van der Waals surface area contributed by atoms with Gasteiger partial charge in [0.25, 0.3) is 0 Å². The highest BCUT2D eigenvalue weighted by atomic mass is 32.2. The maximum atomic E-state index is 12.5. The molecule has 2 rings (SSSR count). The first-order chi connectivity index (χ1) is 9.80. The van der Waals surface area contributed by atoms with Crippen molar-refractivity contribution in [3.8, 4) is 11.1 Å². The Labute approximate surface area is 126 Å². The van der Waals surface area contributed by atoms with Crippen molar-refractivity contribution in [2.24, 2.45) is 5.73 Å². The van der Waals surface area contributed by atoms with Crippen molar-refractivity contribution in [3.63, 3.8) is 0 Å². The van der Waals surface area contributed by atoms with Crippen LogP contribution in [0.25, 0.3) is 11.1 Å². The lowest BCUT2D eigenvalue weighted by Crippen LogP contribution is -2.45. The van der Waals surface area contributed by atoms with Gasteiger partial charge in [0.05, 0.1) is 4.90 Å². The summed E-state index contributed by atoms with van der Waals surface area (Å²) in [5, 5.41) is 0. The Morgan fingerprint density at radius 2 is 1.57 bits per heavy atom. The number of nitrogens with two attached hydrogens (primary N) is 1. The van der Waals surface area contributed by atoms with Crippen LogP contribution in [0.3, 0.4) is 0 Å². The molecule has 0 heterocycles. The fourth-order valence-electron chi connectivity index (χ4n) is 1.92. The molecule has 2 aromatic carbocycles. The summed E-state index contributed by atoms with van der Waals surface area (Å²) in [6, 6.07) is 16.4. The summed E-state index contributed by atoms with van der Waals surface area (Å²) in [6.45, 7) is 3.73. The second-order valence-electron chi connectivity index (χ2n) is 5.68. The molecule has 0 bridgehead atoms. The SMILES string of the molecule is CC(C)(N)CNS(=O)(=O)c1ccccc1-c1ccccc1. The first-order valence-corrected chi connectivity index (χ1v) is 8.21. The molecule has 0 radical (unpaired) electrons. The fraction of sp³-hybridized carbons (Fsp3) is 0.250. The average molecular weight is 304 g/mol. The lowest BCUT2D eigenvalue weighted by atomic mass is 10.1. The lowest BCUT2D eigenvalue weighted by Gasteiger charge is -2.19. The van der Waals surface area contributed by atoms with Gasteiger partial charge < -0.3 is 5.73 Å². The summed E-state index contributed by atoms with van der Waals surface area (Å²) in [7, 11) is -3.60. The highest BCUT2D eigenvalue weighted by Crippen LogP contribution is 2.26. The van der Waals surface area contributed by atoms with Gasteiger partial charge in [-0.25, -0.2) is 13.1 Å². The number of sulfonamides is 1. The number of nitrogens with one attached hydrogen (secondary N) is 1. The van der Waals surface area contributed by atoms with E-state index in [2.05, 4.69) is 4.72 Å². The molecule has 0 aromatic heterocycles. The van der Waals surface area contributed by atoms with E-state index in [4.69, 9.17) is 5.73 Å². The van der Waals surface area contributed by atoms with Crippen molar-refractivity contribution in [1.29, 1.82) is 0 Å². The minimum atomic E-state index is -3.60. The summed E-state index contributed by atoms with van der Waals surface area (Å²) in [6.07, 6.45) is 0. The summed E-state index contributed by atoms with van der Waals surface area (Å²) in [5.41, 5.74) is 6.79. The maximum absolute atomic E-state index is 12.5. The van der Waals surface area contributed by atoms with E-state index in [1.165, 1.54) is 0 Å². The smallest absolute Gasteiger partial charge is 0.241 e. The molecule has 3 N–H and O–H groups in total. The van der Waals surface area contributed by atoms with E-state index in [-0.39, 0.29) is 11.4 Å². The van der Waals surface area contributed by atoms with E-state index >= 15 is 0 Å². The van der Waals surface area contributed by atoms with E-state index in [0.29, 0.717) is 5.56 Å². The van der Waals surface area contributed by atoms with Gasteiger partial charge >= 0.3 is 0 Å². The van der Waals surface area contributed by atoms with E-state index in [0.717, 1.165) is 5.56 Å². The zero-order valence-electron chi connectivity index (χ0n) is 12.2. The monoisotopic (exact) mass is 304 g/mol. The Bertz CT molecular complexity index is 705. The zero-order valence-corrected chi connectivity index (χ0v) is 13.0. The Balaban J connectivity index is 2.41. The molecular formula is C16H20N2O2S. The normalized spacial score (nSPS) is 12.3. The minimum Gasteiger partial charge on any atom is -0.324 e. The molecule has 0 saturated heterocycles. The van der Waals surface area contributed by atoms with Gasteiger partial charge in [-0.3, -0.25) is 0 Å². The molecule has 0 fully saturated rings. The van der Waals surface area contributed by atoms with Gasteiger partial charge in [0.15, 0.2) is 0 Å². The molecule has 0 aliphatic rings. The van der Waals surface area contributed by atoms with Crippen molar-refractivity contribution in [3.05, 3.63) is 54.6 Å². The first kappa shape index (κ1) is 15.7. The van der Waals surface area contributed by atoms with Crippen molar-refractivity contribution in [2.75, 3.05) is 6.54 Å². The van der Waals surface area contributed by atoms with Crippen molar-refractivity contribution >= 4 is 10.0 Å². The number of benzene rings is 2. The van der Waals surface area contributed by atoms with Crippen LogP contribution in [0.15, 0.2) is 59.5 Å². The average Bonchev–Trinajstić information content (AvgIpc) is 2.46. The maximum Gasteiger partial charge on any atom is 0.241 e. The van der Waals surface area contributed by atoms with Crippen LogP contribution in [0.5, 0.6) is 0 Å². The van der Waals surface area contributed by atoms with Gasteiger partial charge in [-0.05, 0) is 25.5 Å². The third-order valence-electron chi connectivity index (χ3n) is 2.98. The highest BCUT2D eigenvalue weighted by molar-refractivity contribution is 7.89. The number of hydrogen-bond donors (Lipinski definition) is 2. The lowest BCUT2D eigenvalue weighted by molar-refractivity contribution is 0.498. The van der Waals surface area contributed by atoms with E-state index < -0.39 is 15.6 Å². The first-order valence-electron chi connectivity index (χ1n) is 6.73. The van der Waals surface area contributed by atoms with Crippen LogP contribution in [0, 0.1) is 0 Å². The van der Waals surface area contributed by atoms with Crippen LogP contribution in [-0.4, -0.2) is 20.5 Å². The van der Waals surface area contributed by atoms with Crippen LogP contribution in [0.2, 0.25) is 0 Å². The molecule has 0 aliphatic heterocycles. The van der Waals surface area contributed by atoms with E-state index in [9.17, 15) is 8.42 Å². The molecule has 0 aliphatic carbocycles. The molecule has 2 aromatic rings. The molecule has 0 amide bonds. The van der Waals surface area contributed by atoms with Crippen LogP contribution in [0.1, 0.15) is 13.8 Å². The quantitative estimate of drug-likeness (QED) is 0.890.